The highest BCUT2D eigenvalue weighted by Crippen LogP contribution is 2.27. The minimum atomic E-state index is -0.911. The number of rotatable bonds is 5. The van der Waals surface area contributed by atoms with E-state index in [0.29, 0.717) is 22.6 Å². The molecule has 0 saturated carbocycles. The van der Waals surface area contributed by atoms with Gasteiger partial charge in [-0.1, -0.05) is 32.0 Å². The van der Waals surface area contributed by atoms with Gasteiger partial charge in [-0.3, -0.25) is 23.7 Å². The Morgan fingerprint density at radius 2 is 1.64 bits per heavy atom. The fraction of sp³-hybridized carbons (Fsp3) is 0.250. The number of amides is 3. The topological polar surface area (TPSA) is 96.7 Å². The van der Waals surface area contributed by atoms with Crippen LogP contribution in [-0.2, 0) is 11.3 Å². The third-order valence-electron chi connectivity index (χ3n) is 4.81. The van der Waals surface area contributed by atoms with Crippen LogP contribution in [0.15, 0.2) is 48.7 Å². The summed E-state index contributed by atoms with van der Waals surface area (Å²) in [6.07, 6.45) is 1.81. The molecule has 2 aromatic heterocycles. The Morgan fingerprint density at radius 3 is 2.29 bits per heavy atom. The number of carbonyl (C=O) groups is 3. The van der Waals surface area contributed by atoms with Crippen molar-refractivity contribution in [2.45, 2.75) is 26.4 Å². The van der Waals surface area contributed by atoms with Crippen molar-refractivity contribution in [3.63, 3.8) is 0 Å². The van der Waals surface area contributed by atoms with Crippen molar-refractivity contribution in [3.8, 4) is 0 Å². The zero-order valence-electron chi connectivity index (χ0n) is 15.5. The molecule has 1 aromatic carbocycles. The zero-order chi connectivity index (χ0) is 19.8. The van der Waals surface area contributed by atoms with Gasteiger partial charge in [0.05, 0.1) is 17.7 Å². The molecule has 0 aliphatic carbocycles. The van der Waals surface area contributed by atoms with Gasteiger partial charge in [0, 0.05) is 6.20 Å². The quantitative estimate of drug-likeness (QED) is 0.682. The van der Waals surface area contributed by atoms with E-state index in [-0.39, 0.29) is 12.5 Å². The molecule has 0 saturated heterocycles. The molecule has 0 spiro atoms. The third kappa shape index (κ3) is 2.83. The van der Waals surface area contributed by atoms with Crippen LogP contribution in [0.5, 0.6) is 0 Å². The number of aromatic nitrogens is 3. The van der Waals surface area contributed by atoms with Crippen molar-refractivity contribution in [3.05, 3.63) is 65.6 Å². The van der Waals surface area contributed by atoms with Gasteiger partial charge in [0.25, 0.3) is 11.8 Å². The molecule has 1 aliphatic rings. The lowest BCUT2D eigenvalue weighted by Gasteiger charge is -2.28. The first-order valence-corrected chi connectivity index (χ1v) is 9.02. The predicted octanol–water partition coefficient (Wildman–Crippen LogP) is 1.67. The summed E-state index contributed by atoms with van der Waals surface area (Å²) < 4.78 is 1.77. The first kappa shape index (κ1) is 17.8. The van der Waals surface area contributed by atoms with Gasteiger partial charge in [-0.25, -0.2) is 0 Å². The molecule has 8 heteroatoms. The first-order valence-electron chi connectivity index (χ1n) is 9.02. The average molecular weight is 377 g/mol. The van der Waals surface area contributed by atoms with Crippen molar-refractivity contribution in [1.29, 1.82) is 0 Å². The van der Waals surface area contributed by atoms with Gasteiger partial charge in [0.1, 0.15) is 6.04 Å². The Bertz CT molecular complexity index is 1050. The average Bonchev–Trinajstić information content (AvgIpc) is 3.21. The molecule has 0 radical (unpaired) electrons. The molecular weight excluding hydrogens is 358 g/mol. The predicted molar refractivity (Wildman–Crippen MR) is 100 cm³/mol. The van der Waals surface area contributed by atoms with E-state index >= 15 is 0 Å². The molecule has 0 bridgehead atoms. The maximum absolute atomic E-state index is 12.9. The minimum Gasteiger partial charge on any atom is -0.347 e. The summed E-state index contributed by atoms with van der Waals surface area (Å²) in [4.78, 5) is 39.5. The van der Waals surface area contributed by atoms with E-state index in [9.17, 15) is 14.4 Å². The van der Waals surface area contributed by atoms with Crippen molar-refractivity contribution >= 4 is 23.4 Å². The van der Waals surface area contributed by atoms with Crippen molar-refractivity contribution in [1.82, 2.24) is 24.8 Å². The van der Waals surface area contributed by atoms with Gasteiger partial charge >= 0.3 is 0 Å². The fourth-order valence-corrected chi connectivity index (χ4v) is 3.46. The second kappa shape index (κ2) is 6.88. The van der Waals surface area contributed by atoms with E-state index < -0.39 is 23.8 Å². The van der Waals surface area contributed by atoms with Crippen LogP contribution >= 0.6 is 0 Å². The summed E-state index contributed by atoms with van der Waals surface area (Å²) in [7, 11) is 0. The van der Waals surface area contributed by atoms with Gasteiger partial charge in [-0.05, 0) is 30.2 Å². The van der Waals surface area contributed by atoms with E-state index in [4.69, 9.17) is 0 Å². The Hall–Kier alpha value is -3.55. The molecule has 0 unspecified atom stereocenters. The number of nitrogens with one attached hydrogen (secondary N) is 1. The van der Waals surface area contributed by atoms with Gasteiger partial charge in [-0.2, -0.15) is 0 Å². The summed E-state index contributed by atoms with van der Waals surface area (Å²) in [6.45, 7) is 3.75. The largest absolute Gasteiger partial charge is 0.347 e. The highest BCUT2D eigenvalue weighted by molar-refractivity contribution is 6.22. The highest BCUT2D eigenvalue weighted by Gasteiger charge is 2.43. The number of nitrogens with zero attached hydrogens (tertiary/aromatic N) is 4. The summed E-state index contributed by atoms with van der Waals surface area (Å²) in [5.41, 5.74) is 1.33. The molecule has 3 amide bonds. The zero-order valence-corrected chi connectivity index (χ0v) is 15.5. The Labute approximate surface area is 161 Å². The van der Waals surface area contributed by atoms with Gasteiger partial charge < -0.3 is 5.32 Å². The number of imide groups is 1. The monoisotopic (exact) mass is 377 g/mol. The number of hydrogen-bond donors (Lipinski definition) is 1. The normalized spacial score (nSPS) is 14.6. The van der Waals surface area contributed by atoms with E-state index in [1.54, 1.807) is 48.7 Å². The summed E-state index contributed by atoms with van der Waals surface area (Å²) in [5, 5.41) is 10.9. The van der Waals surface area contributed by atoms with Crippen molar-refractivity contribution < 1.29 is 14.4 Å². The standard InChI is InChI=1S/C20H19N5O3/c1-12(2)17(25-19(27)13-7-3-4-8-14(13)20(25)28)18(26)21-11-16-23-22-15-9-5-6-10-24(15)16/h3-10,12,17H,11H2,1-2H3,(H,21,26)/t17-/m0/s1. The molecule has 142 valence electrons. The second-order valence-electron chi connectivity index (χ2n) is 6.98. The van der Waals surface area contributed by atoms with E-state index in [2.05, 4.69) is 15.5 Å². The number of fused-ring (bicyclic) bond motifs is 2. The number of benzene rings is 1. The molecule has 0 fully saturated rings. The Morgan fingerprint density at radius 1 is 1.00 bits per heavy atom. The summed E-state index contributed by atoms with van der Waals surface area (Å²) in [5.74, 6) is -0.979. The molecule has 4 rings (SSSR count). The maximum atomic E-state index is 12.9. The number of hydrogen-bond acceptors (Lipinski definition) is 5. The second-order valence-corrected chi connectivity index (χ2v) is 6.98. The number of pyridine rings is 1. The molecule has 8 nitrogen and oxygen atoms in total. The SMILES string of the molecule is CC(C)[C@@H](C(=O)NCc1nnc2ccccn12)N1C(=O)c2ccccc2C1=O. The molecule has 1 atom stereocenters. The fourth-order valence-electron chi connectivity index (χ4n) is 3.46. The van der Waals surface area contributed by atoms with Crippen LogP contribution in [0, 0.1) is 5.92 Å². The Kier molecular flexibility index (Phi) is 4.38. The van der Waals surface area contributed by atoms with Gasteiger partial charge in [0.2, 0.25) is 5.91 Å². The molecule has 1 N–H and O–H groups in total. The van der Waals surface area contributed by atoms with Crippen LogP contribution in [-0.4, -0.2) is 43.3 Å². The van der Waals surface area contributed by atoms with E-state index in [0.717, 1.165) is 4.90 Å². The van der Waals surface area contributed by atoms with Crippen LogP contribution in [0.4, 0.5) is 0 Å². The minimum absolute atomic E-state index is 0.135. The van der Waals surface area contributed by atoms with E-state index in [1.165, 1.54) is 0 Å². The maximum Gasteiger partial charge on any atom is 0.262 e. The summed E-state index contributed by atoms with van der Waals surface area (Å²) in [6, 6.07) is 11.2. The van der Waals surface area contributed by atoms with Crippen LogP contribution in [0.3, 0.4) is 0 Å². The van der Waals surface area contributed by atoms with Crippen LogP contribution in [0.25, 0.3) is 5.65 Å². The van der Waals surface area contributed by atoms with Crippen LogP contribution in [0.2, 0.25) is 0 Å². The molecular formula is C20H19N5O3. The molecule has 3 aromatic rings. The first-order chi connectivity index (χ1) is 13.5. The lowest BCUT2D eigenvalue weighted by atomic mass is 10.0. The summed E-state index contributed by atoms with van der Waals surface area (Å²) >= 11 is 0. The van der Waals surface area contributed by atoms with Crippen LogP contribution in [0.1, 0.15) is 40.4 Å². The smallest absolute Gasteiger partial charge is 0.262 e. The molecule has 1 aliphatic heterocycles. The number of carbonyl (C=O) groups excluding carboxylic acids is 3. The van der Waals surface area contributed by atoms with Crippen molar-refractivity contribution in [2.75, 3.05) is 0 Å². The third-order valence-corrected chi connectivity index (χ3v) is 4.81. The molecule has 28 heavy (non-hydrogen) atoms. The van der Waals surface area contributed by atoms with Crippen LogP contribution < -0.4 is 5.32 Å². The molecule has 3 heterocycles. The Balaban J connectivity index is 1.56. The van der Waals surface area contributed by atoms with Gasteiger partial charge in [0.15, 0.2) is 11.5 Å². The van der Waals surface area contributed by atoms with Crippen molar-refractivity contribution in [2.24, 2.45) is 5.92 Å². The highest BCUT2D eigenvalue weighted by atomic mass is 16.2. The lowest BCUT2D eigenvalue weighted by Crippen LogP contribution is -2.52. The van der Waals surface area contributed by atoms with E-state index in [1.807, 2.05) is 18.2 Å². The lowest BCUT2D eigenvalue weighted by molar-refractivity contribution is -0.126. The van der Waals surface area contributed by atoms with Gasteiger partial charge in [-0.15, -0.1) is 10.2 Å².